The van der Waals surface area contributed by atoms with Crippen LogP contribution < -0.4 is 5.32 Å². The summed E-state index contributed by atoms with van der Waals surface area (Å²) in [6.07, 6.45) is -4.34. The van der Waals surface area contributed by atoms with Crippen molar-refractivity contribution in [3.63, 3.8) is 0 Å². The number of alkyl halides is 3. The van der Waals surface area contributed by atoms with E-state index in [0.29, 0.717) is 11.1 Å². The van der Waals surface area contributed by atoms with E-state index in [1.807, 2.05) is 0 Å². The Morgan fingerprint density at radius 3 is 2.45 bits per heavy atom. The Kier molecular flexibility index (Phi) is 5.64. The quantitative estimate of drug-likeness (QED) is 0.442. The van der Waals surface area contributed by atoms with Gasteiger partial charge in [-0.3, -0.25) is 9.59 Å². The molecular formula is C21H19F4NO3. The van der Waals surface area contributed by atoms with E-state index in [1.165, 1.54) is 30.3 Å². The van der Waals surface area contributed by atoms with E-state index in [1.54, 1.807) is 13.0 Å². The highest BCUT2D eigenvalue weighted by molar-refractivity contribution is 6.07. The van der Waals surface area contributed by atoms with Crippen LogP contribution in [0, 0.1) is 11.2 Å². The molecule has 1 aliphatic carbocycles. The van der Waals surface area contributed by atoms with Crippen LogP contribution >= 0.6 is 0 Å². The van der Waals surface area contributed by atoms with Crippen molar-refractivity contribution in [2.24, 2.45) is 5.41 Å². The molecule has 0 spiro atoms. The molecule has 0 aliphatic heterocycles. The third-order valence-electron chi connectivity index (χ3n) is 4.99. The highest BCUT2D eigenvalue weighted by atomic mass is 19.4. The van der Waals surface area contributed by atoms with Gasteiger partial charge >= 0.3 is 12.1 Å². The van der Waals surface area contributed by atoms with Crippen LogP contribution in [0.15, 0.2) is 48.5 Å². The molecule has 29 heavy (non-hydrogen) atoms. The summed E-state index contributed by atoms with van der Waals surface area (Å²) in [7, 11) is 0. The van der Waals surface area contributed by atoms with Gasteiger partial charge < -0.3 is 10.1 Å². The number of hydrogen-bond acceptors (Lipinski definition) is 3. The van der Waals surface area contributed by atoms with Crippen molar-refractivity contribution in [1.82, 2.24) is 5.32 Å². The molecule has 1 fully saturated rings. The van der Waals surface area contributed by atoms with Gasteiger partial charge in [-0.05, 0) is 48.7 Å². The van der Waals surface area contributed by atoms with Gasteiger partial charge in [-0.2, -0.15) is 13.2 Å². The average molecular weight is 409 g/mol. The first kappa shape index (κ1) is 20.8. The van der Waals surface area contributed by atoms with E-state index < -0.39 is 40.8 Å². The standard InChI is InChI=1S/C21H19F4NO3/c1-2-29-19(28)20(18(27)26-12-13-4-3-5-16(22)10-13)11-17(20)14-6-8-15(9-7-14)21(23,24)25/h3-10,17H,2,11-12H2,1H3,(H,26,27). The fraction of sp³-hybridized carbons (Fsp3) is 0.333. The molecule has 154 valence electrons. The zero-order chi connectivity index (χ0) is 21.2. The van der Waals surface area contributed by atoms with E-state index in [-0.39, 0.29) is 19.6 Å². The number of carbonyl (C=O) groups excluding carboxylic acids is 2. The summed E-state index contributed by atoms with van der Waals surface area (Å²) in [5.74, 6) is -2.35. The molecule has 1 amide bonds. The first-order valence-corrected chi connectivity index (χ1v) is 9.05. The first-order chi connectivity index (χ1) is 13.7. The third kappa shape index (κ3) is 4.26. The smallest absolute Gasteiger partial charge is 0.416 e. The number of rotatable bonds is 6. The number of halogens is 4. The minimum absolute atomic E-state index is 0.0114. The molecule has 4 nitrogen and oxygen atoms in total. The first-order valence-electron chi connectivity index (χ1n) is 9.05. The number of carbonyl (C=O) groups is 2. The summed E-state index contributed by atoms with van der Waals surface area (Å²) in [6.45, 7) is 1.68. The Labute approximate surface area is 164 Å². The maximum absolute atomic E-state index is 13.3. The highest BCUT2D eigenvalue weighted by Gasteiger charge is 2.67. The molecule has 2 aromatic carbocycles. The molecule has 8 heteroatoms. The zero-order valence-electron chi connectivity index (χ0n) is 15.6. The summed E-state index contributed by atoms with van der Waals surface area (Å²) in [4.78, 5) is 25.3. The van der Waals surface area contributed by atoms with Gasteiger partial charge in [0.1, 0.15) is 5.82 Å². The third-order valence-corrected chi connectivity index (χ3v) is 4.99. The lowest BCUT2D eigenvalue weighted by Crippen LogP contribution is -2.39. The molecule has 0 heterocycles. The summed E-state index contributed by atoms with van der Waals surface area (Å²) >= 11 is 0. The molecule has 1 saturated carbocycles. The Morgan fingerprint density at radius 2 is 1.86 bits per heavy atom. The van der Waals surface area contributed by atoms with Gasteiger partial charge in [0, 0.05) is 12.5 Å². The van der Waals surface area contributed by atoms with Crippen molar-refractivity contribution in [1.29, 1.82) is 0 Å². The monoisotopic (exact) mass is 409 g/mol. The topological polar surface area (TPSA) is 55.4 Å². The lowest BCUT2D eigenvalue weighted by atomic mass is 9.97. The lowest BCUT2D eigenvalue weighted by molar-refractivity contribution is -0.154. The van der Waals surface area contributed by atoms with Crippen molar-refractivity contribution in [2.75, 3.05) is 6.61 Å². The van der Waals surface area contributed by atoms with Crippen molar-refractivity contribution in [3.8, 4) is 0 Å². The van der Waals surface area contributed by atoms with E-state index in [0.717, 1.165) is 12.1 Å². The van der Waals surface area contributed by atoms with Gasteiger partial charge in [0.2, 0.25) is 5.91 Å². The molecule has 0 radical (unpaired) electrons. The molecule has 3 rings (SSSR count). The van der Waals surface area contributed by atoms with E-state index >= 15 is 0 Å². The van der Waals surface area contributed by atoms with Crippen molar-refractivity contribution < 1.29 is 31.9 Å². The fourth-order valence-corrected chi connectivity index (χ4v) is 3.39. The second-order valence-electron chi connectivity index (χ2n) is 6.88. The van der Waals surface area contributed by atoms with Crippen LogP contribution in [0.2, 0.25) is 0 Å². The van der Waals surface area contributed by atoms with Crippen molar-refractivity contribution in [3.05, 3.63) is 71.0 Å². The maximum Gasteiger partial charge on any atom is 0.416 e. The van der Waals surface area contributed by atoms with Crippen LogP contribution in [-0.4, -0.2) is 18.5 Å². The number of esters is 1. The molecule has 2 atom stereocenters. The zero-order valence-corrected chi connectivity index (χ0v) is 15.6. The van der Waals surface area contributed by atoms with Gasteiger partial charge in [-0.1, -0.05) is 24.3 Å². The molecule has 2 unspecified atom stereocenters. The number of amides is 1. The second-order valence-corrected chi connectivity index (χ2v) is 6.88. The van der Waals surface area contributed by atoms with Gasteiger partial charge in [0.05, 0.1) is 12.2 Å². The van der Waals surface area contributed by atoms with E-state index in [4.69, 9.17) is 4.74 Å². The van der Waals surface area contributed by atoms with Crippen molar-refractivity contribution >= 4 is 11.9 Å². The molecule has 0 saturated heterocycles. The lowest BCUT2D eigenvalue weighted by Gasteiger charge is -2.17. The molecule has 0 bridgehead atoms. The average Bonchev–Trinajstić information content (AvgIpc) is 3.43. The van der Waals surface area contributed by atoms with Crippen LogP contribution in [0.5, 0.6) is 0 Å². The molecule has 2 aromatic rings. The largest absolute Gasteiger partial charge is 0.465 e. The van der Waals surface area contributed by atoms with Crippen LogP contribution in [0.25, 0.3) is 0 Å². The normalized spacial score (nSPS) is 20.8. The maximum atomic E-state index is 13.3. The predicted molar refractivity (Wildman–Crippen MR) is 96.1 cm³/mol. The minimum Gasteiger partial charge on any atom is -0.465 e. The fourth-order valence-electron chi connectivity index (χ4n) is 3.39. The molecule has 1 N–H and O–H groups in total. The van der Waals surface area contributed by atoms with Gasteiger partial charge in [-0.25, -0.2) is 4.39 Å². The number of nitrogens with one attached hydrogen (secondary N) is 1. The predicted octanol–water partition coefficient (Wildman–Crippen LogP) is 4.20. The Bertz CT molecular complexity index is 911. The highest BCUT2D eigenvalue weighted by Crippen LogP contribution is 2.60. The molecule has 0 aromatic heterocycles. The summed E-state index contributed by atoms with van der Waals surface area (Å²) < 4.78 is 56.7. The van der Waals surface area contributed by atoms with Gasteiger partial charge in [0.15, 0.2) is 5.41 Å². The van der Waals surface area contributed by atoms with Crippen LogP contribution in [-0.2, 0) is 27.0 Å². The minimum atomic E-state index is -4.47. The van der Waals surface area contributed by atoms with E-state index in [2.05, 4.69) is 5.32 Å². The van der Waals surface area contributed by atoms with Crippen LogP contribution in [0.1, 0.15) is 36.0 Å². The van der Waals surface area contributed by atoms with Gasteiger partial charge in [0.25, 0.3) is 0 Å². The summed E-state index contributed by atoms with van der Waals surface area (Å²) in [5.41, 5.74) is -1.33. The summed E-state index contributed by atoms with van der Waals surface area (Å²) in [5, 5.41) is 2.62. The Morgan fingerprint density at radius 1 is 1.17 bits per heavy atom. The molecule has 1 aliphatic rings. The Hall–Kier alpha value is -2.90. The number of hydrogen-bond donors (Lipinski definition) is 1. The molecular weight excluding hydrogens is 390 g/mol. The van der Waals surface area contributed by atoms with Crippen LogP contribution in [0.4, 0.5) is 17.6 Å². The summed E-state index contributed by atoms with van der Waals surface area (Å²) in [6, 6.07) is 10.1. The second kappa shape index (κ2) is 7.85. The van der Waals surface area contributed by atoms with Crippen LogP contribution in [0.3, 0.4) is 0 Å². The number of ether oxygens (including phenoxy) is 1. The van der Waals surface area contributed by atoms with Crippen molar-refractivity contribution in [2.45, 2.75) is 32.0 Å². The van der Waals surface area contributed by atoms with Gasteiger partial charge in [-0.15, -0.1) is 0 Å². The Balaban J connectivity index is 1.79. The van der Waals surface area contributed by atoms with E-state index in [9.17, 15) is 27.2 Å². The SMILES string of the molecule is CCOC(=O)C1(C(=O)NCc2cccc(F)c2)CC1c1ccc(C(F)(F)F)cc1. The number of benzene rings is 2.